The van der Waals surface area contributed by atoms with Crippen LogP contribution in [0.3, 0.4) is 0 Å². The zero-order valence-corrected chi connectivity index (χ0v) is 15.8. The molecule has 1 amide bonds. The maximum Gasteiger partial charge on any atom is 0.416 e. The normalized spacial score (nSPS) is 11.2. The van der Waals surface area contributed by atoms with Gasteiger partial charge in [0.2, 0.25) is 5.91 Å². The summed E-state index contributed by atoms with van der Waals surface area (Å²) < 4.78 is 38.3. The molecule has 0 atom stereocenters. The van der Waals surface area contributed by atoms with Gasteiger partial charge in [-0.3, -0.25) is 4.79 Å². The first-order valence-electron chi connectivity index (χ1n) is 8.50. The molecule has 2 N–H and O–H groups in total. The van der Waals surface area contributed by atoms with Crippen LogP contribution in [-0.4, -0.2) is 25.5 Å². The van der Waals surface area contributed by atoms with Crippen molar-refractivity contribution in [1.82, 2.24) is 0 Å². The van der Waals surface area contributed by atoms with Crippen molar-refractivity contribution in [2.24, 2.45) is 0 Å². The van der Waals surface area contributed by atoms with E-state index in [-0.39, 0.29) is 17.3 Å². The first kappa shape index (κ1) is 20.9. The van der Waals surface area contributed by atoms with Crippen molar-refractivity contribution in [2.45, 2.75) is 20.0 Å². The molecule has 2 aromatic rings. The van der Waals surface area contributed by atoms with Crippen LogP contribution in [0.25, 0.3) is 0 Å². The Morgan fingerprint density at radius 3 is 2.26 bits per heavy atom. The quantitative estimate of drug-likeness (QED) is 0.667. The third kappa shape index (κ3) is 5.79. The molecule has 0 unspecified atom stereocenters. The molecule has 8 heteroatoms. The van der Waals surface area contributed by atoms with E-state index in [0.29, 0.717) is 0 Å². The van der Waals surface area contributed by atoms with Gasteiger partial charge >= 0.3 is 6.18 Å². The Hall–Kier alpha value is -2.41. The number of anilines is 3. The SMILES string of the molecule is CCN(CC)c1ccc(NCC(=O)Nc2cc(C(F)(F)F)ccc2Cl)cc1. The highest BCUT2D eigenvalue weighted by Crippen LogP contribution is 2.33. The molecule has 0 heterocycles. The molecule has 0 fully saturated rings. The van der Waals surface area contributed by atoms with Gasteiger partial charge in [-0.15, -0.1) is 0 Å². The predicted octanol–water partition coefficient (Wildman–Crippen LogP) is 5.26. The number of carbonyl (C=O) groups excluding carboxylic acids is 1. The van der Waals surface area contributed by atoms with E-state index in [1.807, 2.05) is 24.3 Å². The van der Waals surface area contributed by atoms with Crippen molar-refractivity contribution in [3.05, 3.63) is 53.1 Å². The lowest BCUT2D eigenvalue weighted by Crippen LogP contribution is -2.23. The fourth-order valence-electron chi connectivity index (χ4n) is 2.55. The summed E-state index contributed by atoms with van der Waals surface area (Å²) in [6, 6.07) is 10.4. The van der Waals surface area contributed by atoms with Crippen LogP contribution in [0.1, 0.15) is 19.4 Å². The topological polar surface area (TPSA) is 44.4 Å². The number of halogens is 4. The van der Waals surface area contributed by atoms with Gasteiger partial charge in [-0.2, -0.15) is 13.2 Å². The third-order valence-electron chi connectivity index (χ3n) is 4.02. The van der Waals surface area contributed by atoms with Crippen LogP contribution in [0.5, 0.6) is 0 Å². The average Bonchev–Trinajstić information content (AvgIpc) is 2.63. The first-order chi connectivity index (χ1) is 12.7. The van der Waals surface area contributed by atoms with E-state index in [1.54, 1.807) is 0 Å². The van der Waals surface area contributed by atoms with Crippen LogP contribution in [0, 0.1) is 0 Å². The molecule has 146 valence electrons. The van der Waals surface area contributed by atoms with E-state index in [2.05, 4.69) is 29.4 Å². The molecule has 0 aliphatic heterocycles. The second kappa shape index (κ2) is 8.99. The van der Waals surface area contributed by atoms with Crippen molar-refractivity contribution >= 4 is 34.6 Å². The number of rotatable bonds is 7. The second-order valence-corrected chi connectivity index (χ2v) is 6.22. The third-order valence-corrected chi connectivity index (χ3v) is 4.35. The van der Waals surface area contributed by atoms with Gasteiger partial charge in [0.15, 0.2) is 0 Å². The van der Waals surface area contributed by atoms with E-state index in [1.165, 1.54) is 0 Å². The van der Waals surface area contributed by atoms with Gasteiger partial charge in [0.05, 0.1) is 22.8 Å². The minimum absolute atomic E-state index is 0.0416. The molecule has 2 aromatic carbocycles. The van der Waals surface area contributed by atoms with Crippen LogP contribution < -0.4 is 15.5 Å². The molecule has 0 aliphatic carbocycles. The van der Waals surface area contributed by atoms with Gasteiger partial charge in [-0.05, 0) is 56.3 Å². The predicted molar refractivity (Wildman–Crippen MR) is 104 cm³/mol. The zero-order valence-electron chi connectivity index (χ0n) is 15.0. The highest BCUT2D eigenvalue weighted by atomic mass is 35.5. The van der Waals surface area contributed by atoms with Crippen LogP contribution >= 0.6 is 11.6 Å². The lowest BCUT2D eigenvalue weighted by Gasteiger charge is -2.21. The maximum atomic E-state index is 12.8. The van der Waals surface area contributed by atoms with Crippen LogP contribution in [0.15, 0.2) is 42.5 Å². The molecule has 0 saturated carbocycles. The van der Waals surface area contributed by atoms with Crippen LogP contribution in [0.2, 0.25) is 5.02 Å². The summed E-state index contributed by atoms with van der Waals surface area (Å²) in [4.78, 5) is 14.2. The van der Waals surface area contributed by atoms with Crippen molar-refractivity contribution in [1.29, 1.82) is 0 Å². The van der Waals surface area contributed by atoms with E-state index in [4.69, 9.17) is 11.6 Å². The lowest BCUT2D eigenvalue weighted by molar-refractivity contribution is -0.137. The molecular formula is C19H21ClF3N3O. The molecule has 0 aliphatic rings. The molecule has 0 bridgehead atoms. The molecule has 0 spiro atoms. The van der Waals surface area contributed by atoms with Crippen LogP contribution in [0.4, 0.5) is 30.2 Å². The van der Waals surface area contributed by atoms with Crippen molar-refractivity contribution in [3.8, 4) is 0 Å². The summed E-state index contributed by atoms with van der Waals surface area (Å²) in [5.41, 5.74) is 0.860. The maximum absolute atomic E-state index is 12.8. The summed E-state index contributed by atoms with van der Waals surface area (Å²) in [5.74, 6) is -0.496. The number of benzene rings is 2. The molecule has 0 aromatic heterocycles. The molecule has 4 nitrogen and oxygen atoms in total. The fraction of sp³-hybridized carbons (Fsp3) is 0.316. The van der Waals surface area contributed by atoms with E-state index in [0.717, 1.165) is 42.7 Å². The molecule has 0 radical (unpaired) electrons. The standard InChI is InChI=1S/C19H21ClF3N3O/c1-3-26(4-2)15-8-6-14(7-9-15)24-12-18(27)25-17-11-13(19(21,22)23)5-10-16(17)20/h5-11,24H,3-4,12H2,1-2H3,(H,25,27). The second-order valence-electron chi connectivity index (χ2n) is 5.81. The highest BCUT2D eigenvalue weighted by molar-refractivity contribution is 6.33. The number of nitrogens with one attached hydrogen (secondary N) is 2. The van der Waals surface area contributed by atoms with Gasteiger partial charge in [-0.1, -0.05) is 11.6 Å². The Kier molecular flexibility index (Phi) is 6.96. The van der Waals surface area contributed by atoms with Gasteiger partial charge in [0, 0.05) is 24.5 Å². The largest absolute Gasteiger partial charge is 0.416 e. The highest BCUT2D eigenvalue weighted by Gasteiger charge is 2.31. The molecule has 2 rings (SSSR count). The smallest absolute Gasteiger partial charge is 0.376 e. The number of nitrogens with zero attached hydrogens (tertiary/aromatic N) is 1. The summed E-state index contributed by atoms with van der Waals surface area (Å²) in [7, 11) is 0. The van der Waals surface area contributed by atoms with E-state index >= 15 is 0 Å². The monoisotopic (exact) mass is 399 g/mol. The summed E-state index contributed by atoms with van der Waals surface area (Å²) in [5, 5.41) is 5.38. The number of hydrogen-bond donors (Lipinski definition) is 2. The minimum Gasteiger partial charge on any atom is -0.376 e. The van der Waals surface area contributed by atoms with Crippen molar-refractivity contribution in [3.63, 3.8) is 0 Å². The lowest BCUT2D eigenvalue weighted by atomic mass is 10.2. The van der Waals surface area contributed by atoms with Crippen molar-refractivity contribution < 1.29 is 18.0 Å². The number of carbonyl (C=O) groups is 1. The molecule has 0 saturated heterocycles. The zero-order chi connectivity index (χ0) is 20.0. The molecule has 27 heavy (non-hydrogen) atoms. The van der Waals surface area contributed by atoms with Gasteiger partial charge in [-0.25, -0.2) is 0 Å². The Morgan fingerprint density at radius 2 is 1.70 bits per heavy atom. The summed E-state index contributed by atoms with van der Waals surface area (Å²) >= 11 is 5.87. The number of amides is 1. The average molecular weight is 400 g/mol. The summed E-state index contributed by atoms with van der Waals surface area (Å²) in [6.45, 7) is 5.82. The Balaban J connectivity index is 1.97. The number of alkyl halides is 3. The first-order valence-corrected chi connectivity index (χ1v) is 8.87. The van der Waals surface area contributed by atoms with E-state index < -0.39 is 17.6 Å². The summed E-state index contributed by atoms with van der Waals surface area (Å²) in [6.07, 6.45) is -4.51. The Bertz CT molecular complexity index is 775. The van der Waals surface area contributed by atoms with Crippen LogP contribution in [-0.2, 0) is 11.0 Å². The fourth-order valence-corrected chi connectivity index (χ4v) is 2.72. The van der Waals surface area contributed by atoms with Gasteiger partial charge < -0.3 is 15.5 Å². The number of hydrogen-bond acceptors (Lipinski definition) is 3. The molecular weight excluding hydrogens is 379 g/mol. The van der Waals surface area contributed by atoms with Gasteiger partial charge in [0.1, 0.15) is 0 Å². The van der Waals surface area contributed by atoms with Gasteiger partial charge in [0.25, 0.3) is 0 Å². The minimum atomic E-state index is -4.51. The Morgan fingerprint density at radius 1 is 1.07 bits per heavy atom. The Labute approximate surface area is 161 Å². The van der Waals surface area contributed by atoms with E-state index in [9.17, 15) is 18.0 Å². The van der Waals surface area contributed by atoms with Crippen molar-refractivity contribution in [2.75, 3.05) is 35.2 Å².